The smallest absolute Gasteiger partial charge is 0.228 e. The fourth-order valence-electron chi connectivity index (χ4n) is 3.84. The first kappa shape index (κ1) is 20.5. The molecule has 0 aromatic heterocycles. The van der Waals surface area contributed by atoms with Crippen LogP contribution in [0.2, 0.25) is 0 Å². The maximum Gasteiger partial charge on any atom is 0.228 e. The van der Waals surface area contributed by atoms with Crippen molar-refractivity contribution in [3.63, 3.8) is 0 Å². The molecule has 0 unspecified atom stereocenters. The standard InChI is InChI=1S/C23H36N2O/c1-8-10-17(3)21(20(9-2)19-11-12-19)18(4)24-13-15-25(16-14-24)22(26)23(5,6)7/h8-10,19H,1,11-16H2,2-7H3/b17-10-,20-9-,21-18-. The quantitative estimate of drug-likeness (QED) is 0.652. The van der Waals surface area contributed by atoms with Crippen LogP contribution in [0.25, 0.3) is 0 Å². The topological polar surface area (TPSA) is 23.6 Å². The van der Waals surface area contributed by atoms with Gasteiger partial charge in [0, 0.05) is 37.3 Å². The Morgan fingerprint density at radius 3 is 2.00 bits per heavy atom. The van der Waals surface area contributed by atoms with Crippen molar-refractivity contribution in [1.82, 2.24) is 9.80 Å². The Labute approximate surface area is 160 Å². The summed E-state index contributed by atoms with van der Waals surface area (Å²) in [5.74, 6) is 0.968. The fraction of sp³-hybridized carbons (Fsp3) is 0.609. The summed E-state index contributed by atoms with van der Waals surface area (Å²) < 4.78 is 0. The second kappa shape index (κ2) is 8.28. The molecule has 1 aliphatic heterocycles. The Hall–Kier alpha value is -1.77. The number of amides is 1. The van der Waals surface area contributed by atoms with E-state index < -0.39 is 0 Å². The maximum atomic E-state index is 12.5. The highest BCUT2D eigenvalue weighted by Crippen LogP contribution is 2.43. The van der Waals surface area contributed by atoms with Crippen LogP contribution < -0.4 is 0 Å². The van der Waals surface area contributed by atoms with E-state index >= 15 is 0 Å². The Balaban J connectivity index is 2.23. The van der Waals surface area contributed by atoms with E-state index in [1.54, 1.807) is 0 Å². The van der Waals surface area contributed by atoms with Crippen molar-refractivity contribution in [1.29, 1.82) is 0 Å². The summed E-state index contributed by atoms with van der Waals surface area (Å²) in [4.78, 5) is 17.0. The molecule has 2 fully saturated rings. The molecule has 1 amide bonds. The number of carbonyl (C=O) groups is 1. The van der Waals surface area contributed by atoms with Gasteiger partial charge in [-0.1, -0.05) is 45.6 Å². The summed E-state index contributed by atoms with van der Waals surface area (Å²) in [5.41, 5.74) is 5.18. The molecule has 1 aliphatic carbocycles. The zero-order valence-corrected chi connectivity index (χ0v) is 17.6. The predicted molar refractivity (Wildman–Crippen MR) is 111 cm³/mol. The molecule has 0 spiro atoms. The van der Waals surface area contributed by atoms with E-state index in [2.05, 4.69) is 44.4 Å². The second-order valence-corrected chi connectivity index (χ2v) is 8.59. The largest absolute Gasteiger partial charge is 0.371 e. The third-order valence-corrected chi connectivity index (χ3v) is 5.42. The highest BCUT2D eigenvalue weighted by atomic mass is 16.2. The molecule has 0 aromatic carbocycles. The highest BCUT2D eigenvalue weighted by molar-refractivity contribution is 5.81. The minimum atomic E-state index is -0.300. The fourth-order valence-corrected chi connectivity index (χ4v) is 3.84. The minimum absolute atomic E-state index is 0.258. The van der Waals surface area contributed by atoms with Gasteiger partial charge < -0.3 is 9.80 Å². The van der Waals surface area contributed by atoms with Crippen molar-refractivity contribution >= 4 is 5.91 Å². The summed E-state index contributed by atoms with van der Waals surface area (Å²) in [6.45, 7) is 19.9. The average molecular weight is 357 g/mol. The summed E-state index contributed by atoms with van der Waals surface area (Å²) in [6.07, 6.45) is 8.88. The molecule has 0 atom stereocenters. The van der Waals surface area contributed by atoms with Gasteiger partial charge in [-0.25, -0.2) is 0 Å². The minimum Gasteiger partial charge on any atom is -0.371 e. The predicted octanol–water partition coefficient (Wildman–Crippen LogP) is 4.94. The van der Waals surface area contributed by atoms with Crippen molar-refractivity contribution in [2.24, 2.45) is 11.3 Å². The summed E-state index contributed by atoms with van der Waals surface area (Å²) in [7, 11) is 0. The second-order valence-electron chi connectivity index (χ2n) is 8.59. The SMILES string of the molecule is C=C\C=C(C)/C(C(=C\C)/C1CC1)=C(\C)N1CCN(C(=O)C(C)(C)C)CC1. The first-order valence-electron chi connectivity index (χ1n) is 9.92. The van der Waals surface area contributed by atoms with Crippen LogP contribution in [0.4, 0.5) is 0 Å². The van der Waals surface area contributed by atoms with Crippen molar-refractivity contribution in [3.05, 3.63) is 47.2 Å². The Kier molecular flexibility index (Phi) is 6.54. The molecule has 1 saturated heterocycles. The van der Waals surface area contributed by atoms with Crippen LogP contribution in [0.15, 0.2) is 47.2 Å². The van der Waals surface area contributed by atoms with Crippen LogP contribution in [0.5, 0.6) is 0 Å². The Bertz CT molecular complexity index is 634. The van der Waals surface area contributed by atoms with Crippen LogP contribution in [-0.2, 0) is 4.79 Å². The third kappa shape index (κ3) is 4.69. The monoisotopic (exact) mass is 356 g/mol. The molecule has 3 nitrogen and oxygen atoms in total. The van der Waals surface area contributed by atoms with Crippen molar-refractivity contribution in [2.45, 2.75) is 54.4 Å². The van der Waals surface area contributed by atoms with Crippen molar-refractivity contribution in [2.75, 3.05) is 26.2 Å². The highest BCUT2D eigenvalue weighted by Gasteiger charge is 2.32. The molecule has 0 N–H and O–H groups in total. The molecule has 1 saturated carbocycles. The van der Waals surface area contributed by atoms with Gasteiger partial charge in [-0.2, -0.15) is 0 Å². The molecular formula is C23H36N2O. The first-order valence-corrected chi connectivity index (χ1v) is 9.92. The molecule has 0 bridgehead atoms. The Morgan fingerprint density at radius 1 is 1.04 bits per heavy atom. The van der Waals surface area contributed by atoms with E-state index in [9.17, 15) is 4.79 Å². The normalized spacial score (nSPS) is 20.8. The summed E-state index contributed by atoms with van der Waals surface area (Å²) in [6, 6.07) is 0. The van der Waals surface area contributed by atoms with Gasteiger partial charge in [0.1, 0.15) is 0 Å². The number of rotatable bonds is 5. The van der Waals surface area contributed by atoms with Crippen LogP contribution in [0.1, 0.15) is 54.4 Å². The number of piperazine rings is 1. The maximum absolute atomic E-state index is 12.5. The molecule has 2 aliphatic rings. The van der Waals surface area contributed by atoms with Gasteiger partial charge in [0.2, 0.25) is 5.91 Å². The lowest BCUT2D eigenvalue weighted by molar-refractivity contribution is -0.141. The number of nitrogens with zero attached hydrogens (tertiary/aromatic N) is 2. The van der Waals surface area contributed by atoms with Gasteiger partial charge in [-0.05, 0) is 56.3 Å². The summed E-state index contributed by atoms with van der Waals surface area (Å²) >= 11 is 0. The van der Waals surface area contributed by atoms with Gasteiger partial charge in [-0.15, -0.1) is 0 Å². The molecule has 0 aromatic rings. The van der Waals surface area contributed by atoms with E-state index in [0.29, 0.717) is 5.92 Å². The molecule has 0 radical (unpaired) electrons. The van der Waals surface area contributed by atoms with E-state index in [-0.39, 0.29) is 11.3 Å². The third-order valence-electron chi connectivity index (χ3n) is 5.42. The van der Waals surface area contributed by atoms with E-state index in [1.165, 1.54) is 35.3 Å². The lowest BCUT2D eigenvalue weighted by Crippen LogP contribution is -2.51. The molecule has 2 rings (SSSR count). The van der Waals surface area contributed by atoms with Gasteiger partial charge in [-0.3, -0.25) is 4.79 Å². The lowest BCUT2D eigenvalue weighted by atomic mass is 9.92. The number of carbonyl (C=O) groups excluding carboxylic acids is 1. The van der Waals surface area contributed by atoms with Crippen molar-refractivity contribution in [3.8, 4) is 0 Å². The molecule has 3 heteroatoms. The van der Waals surface area contributed by atoms with Crippen LogP contribution in [0.3, 0.4) is 0 Å². The zero-order chi connectivity index (χ0) is 19.5. The van der Waals surface area contributed by atoms with E-state index in [1.807, 2.05) is 31.7 Å². The molecule has 1 heterocycles. The van der Waals surface area contributed by atoms with Gasteiger partial charge in [0.05, 0.1) is 0 Å². The first-order chi connectivity index (χ1) is 12.2. The number of allylic oxidation sites excluding steroid dienone is 7. The van der Waals surface area contributed by atoms with E-state index in [0.717, 1.165) is 26.2 Å². The van der Waals surface area contributed by atoms with Crippen LogP contribution >= 0.6 is 0 Å². The summed E-state index contributed by atoms with van der Waals surface area (Å²) in [5, 5.41) is 0. The van der Waals surface area contributed by atoms with Crippen LogP contribution in [0, 0.1) is 11.3 Å². The van der Waals surface area contributed by atoms with Gasteiger partial charge in [0.25, 0.3) is 0 Å². The number of hydrogen-bond donors (Lipinski definition) is 0. The van der Waals surface area contributed by atoms with Crippen molar-refractivity contribution < 1.29 is 4.79 Å². The molecular weight excluding hydrogens is 320 g/mol. The lowest BCUT2D eigenvalue weighted by Gasteiger charge is -2.40. The van der Waals surface area contributed by atoms with Gasteiger partial charge >= 0.3 is 0 Å². The van der Waals surface area contributed by atoms with Gasteiger partial charge in [0.15, 0.2) is 0 Å². The number of hydrogen-bond acceptors (Lipinski definition) is 2. The van der Waals surface area contributed by atoms with E-state index in [4.69, 9.17) is 0 Å². The average Bonchev–Trinajstić information content (AvgIpc) is 3.42. The molecule has 144 valence electrons. The molecule has 26 heavy (non-hydrogen) atoms. The zero-order valence-electron chi connectivity index (χ0n) is 17.6. The van der Waals surface area contributed by atoms with Crippen LogP contribution in [-0.4, -0.2) is 41.9 Å². The Morgan fingerprint density at radius 2 is 1.58 bits per heavy atom.